The van der Waals surface area contributed by atoms with Gasteiger partial charge in [0.2, 0.25) is 0 Å². The van der Waals surface area contributed by atoms with Crippen molar-refractivity contribution in [3.8, 4) is 17.2 Å². The van der Waals surface area contributed by atoms with Crippen LogP contribution in [0.1, 0.15) is 11.1 Å². The monoisotopic (exact) mass is 371 g/mol. The van der Waals surface area contributed by atoms with Crippen molar-refractivity contribution in [1.82, 2.24) is 9.55 Å². The molecule has 0 spiro atoms. The largest absolute Gasteiger partial charge is 0.294 e. The number of hydrogen-bond donors (Lipinski definition) is 0. The first-order valence-electron chi connectivity index (χ1n) is 8.39. The van der Waals surface area contributed by atoms with E-state index < -0.39 is 0 Å². The molecule has 5 heteroatoms. The molecule has 1 aromatic heterocycles. The van der Waals surface area contributed by atoms with E-state index in [0.29, 0.717) is 28.0 Å². The molecule has 0 unspecified atom stereocenters. The Bertz CT molecular complexity index is 1240. The number of benzene rings is 3. The predicted molar refractivity (Wildman–Crippen MR) is 107 cm³/mol. The Morgan fingerprint density at radius 3 is 2.59 bits per heavy atom. The van der Waals surface area contributed by atoms with E-state index in [4.69, 9.17) is 11.6 Å². The molecule has 0 aliphatic carbocycles. The number of nitriles is 1. The number of hydrogen-bond acceptors (Lipinski definition) is 3. The maximum atomic E-state index is 12.7. The highest BCUT2D eigenvalue weighted by molar-refractivity contribution is 6.31. The molecule has 0 atom stereocenters. The average molecular weight is 372 g/mol. The summed E-state index contributed by atoms with van der Waals surface area (Å²) in [7, 11) is 0. The van der Waals surface area contributed by atoms with Crippen molar-refractivity contribution >= 4 is 22.5 Å². The second-order valence-corrected chi connectivity index (χ2v) is 6.63. The molecule has 4 aromatic rings. The van der Waals surface area contributed by atoms with Crippen molar-refractivity contribution < 1.29 is 0 Å². The third-order valence-electron chi connectivity index (χ3n) is 4.45. The van der Waals surface area contributed by atoms with Gasteiger partial charge >= 0.3 is 0 Å². The molecule has 3 aromatic carbocycles. The minimum atomic E-state index is -0.101. The van der Waals surface area contributed by atoms with Crippen LogP contribution in [0.15, 0.2) is 77.9 Å². The average Bonchev–Trinajstić information content (AvgIpc) is 2.70. The van der Waals surface area contributed by atoms with Crippen molar-refractivity contribution in [2.75, 3.05) is 0 Å². The topological polar surface area (TPSA) is 58.7 Å². The van der Waals surface area contributed by atoms with E-state index in [0.717, 1.165) is 16.7 Å². The Morgan fingerprint density at radius 2 is 1.81 bits per heavy atom. The lowest BCUT2D eigenvalue weighted by atomic mass is 9.99. The first-order chi connectivity index (χ1) is 13.2. The molecule has 1 heterocycles. The zero-order chi connectivity index (χ0) is 18.8. The number of halogens is 1. The molecule has 0 fully saturated rings. The van der Waals surface area contributed by atoms with Gasteiger partial charge in [-0.25, -0.2) is 4.98 Å². The second-order valence-electron chi connectivity index (χ2n) is 6.19. The molecule has 4 rings (SSSR count). The molecule has 0 N–H and O–H groups in total. The highest BCUT2D eigenvalue weighted by Gasteiger charge is 2.07. The van der Waals surface area contributed by atoms with Crippen LogP contribution in [0, 0.1) is 11.3 Å². The summed E-state index contributed by atoms with van der Waals surface area (Å²) in [4.78, 5) is 17.0. The molecule has 0 aliphatic rings. The third-order valence-corrected chi connectivity index (χ3v) is 4.69. The molecule has 130 valence electrons. The standard InChI is InChI=1S/C22H14ClN3O/c23-18-9-10-20-21(11-18)25-14-26(22(20)27)13-15-5-7-16(8-6-15)19-4-2-1-3-17(19)12-24/h1-11,14H,13H2. The van der Waals surface area contributed by atoms with Crippen molar-refractivity contribution in [3.05, 3.63) is 99.6 Å². The van der Waals surface area contributed by atoms with Gasteiger partial charge in [-0.05, 0) is 41.0 Å². The maximum Gasteiger partial charge on any atom is 0.261 e. The first-order valence-corrected chi connectivity index (χ1v) is 8.76. The fourth-order valence-electron chi connectivity index (χ4n) is 3.06. The SMILES string of the molecule is N#Cc1ccccc1-c1ccc(Cn2cnc3cc(Cl)ccc3c2=O)cc1. The summed E-state index contributed by atoms with van der Waals surface area (Å²) in [5.74, 6) is 0. The van der Waals surface area contributed by atoms with Crippen LogP contribution in [-0.2, 0) is 6.54 Å². The van der Waals surface area contributed by atoms with Gasteiger partial charge in [-0.15, -0.1) is 0 Å². The molecule has 0 bridgehead atoms. The number of aromatic nitrogens is 2. The molecule has 0 radical (unpaired) electrons. The van der Waals surface area contributed by atoms with Crippen LogP contribution in [0.5, 0.6) is 0 Å². The fraction of sp³-hybridized carbons (Fsp3) is 0.0455. The van der Waals surface area contributed by atoms with Crippen LogP contribution in [0.25, 0.3) is 22.0 Å². The molecule has 0 amide bonds. The first kappa shape index (κ1) is 17.0. The van der Waals surface area contributed by atoms with E-state index in [9.17, 15) is 10.1 Å². The lowest BCUT2D eigenvalue weighted by molar-refractivity contribution is 0.748. The van der Waals surface area contributed by atoms with Crippen LogP contribution >= 0.6 is 11.6 Å². The summed E-state index contributed by atoms with van der Waals surface area (Å²) in [6.45, 7) is 0.421. The van der Waals surface area contributed by atoms with Crippen LogP contribution in [0.4, 0.5) is 0 Å². The number of fused-ring (bicyclic) bond motifs is 1. The van der Waals surface area contributed by atoms with Gasteiger partial charge < -0.3 is 0 Å². The van der Waals surface area contributed by atoms with Crippen LogP contribution < -0.4 is 5.56 Å². The summed E-state index contributed by atoms with van der Waals surface area (Å²) in [6.07, 6.45) is 1.54. The van der Waals surface area contributed by atoms with E-state index in [1.807, 2.05) is 42.5 Å². The Kier molecular flexibility index (Phi) is 4.45. The predicted octanol–water partition coefficient (Wildman–Crippen LogP) is 4.64. The molecular weight excluding hydrogens is 358 g/mol. The minimum Gasteiger partial charge on any atom is -0.294 e. The molecule has 0 aliphatic heterocycles. The highest BCUT2D eigenvalue weighted by atomic mass is 35.5. The van der Waals surface area contributed by atoms with Gasteiger partial charge in [0, 0.05) is 5.02 Å². The number of nitrogens with zero attached hydrogens (tertiary/aromatic N) is 3. The molecule has 4 nitrogen and oxygen atoms in total. The Morgan fingerprint density at radius 1 is 1.04 bits per heavy atom. The van der Waals surface area contributed by atoms with Crippen molar-refractivity contribution in [2.24, 2.45) is 0 Å². The highest BCUT2D eigenvalue weighted by Crippen LogP contribution is 2.23. The molecule has 27 heavy (non-hydrogen) atoms. The van der Waals surface area contributed by atoms with Gasteiger partial charge in [0.1, 0.15) is 0 Å². The van der Waals surface area contributed by atoms with Gasteiger partial charge in [-0.1, -0.05) is 54.1 Å². The molecular formula is C22H14ClN3O. The van der Waals surface area contributed by atoms with Gasteiger partial charge in [0.05, 0.1) is 35.4 Å². The van der Waals surface area contributed by atoms with Gasteiger partial charge in [0.25, 0.3) is 5.56 Å². The lowest BCUT2D eigenvalue weighted by Gasteiger charge is -2.09. The van der Waals surface area contributed by atoms with E-state index in [1.165, 1.54) is 0 Å². The van der Waals surface area contributed by atoms with Gasteiger partial charge in [0.15, 0.2) is 0 Å². The number of rotatable bonds is 3. The Balaban J connectivity index is 1.65. The van der Waals surface area contributed by atoms with Gasteiger partial charge in [-0.2, -0.15) is 5.26 Å². The summed E-state index contributed by atoms with van der Waals surface area (Å²) in [6, 6.07) is 22.6. The summed E-state index contributed by atoms with van der Waals surface area (Å²) in [5, 5.41) is 10.4. The van der Waals surface area contributed by atoms with Crippen LogP contribution in [-0.4, -0.2) is 9.55 Å². The lowest BCUT2D eigenvalue weighted by Crippen LogP contribution is -2.21. The second kappa shape index (κ2) is 7.06. The third kappa shape index (κ3) is 3.33. The minimum absolute atomic E-state index is 0.101. The zero-order valence-electron chi connectivity index (χ0n) is 14.3. The van der Waals surface area contributed by atoms with Crippen LogP contribution in [0.3, 0.4) is 0 Å². The van der Waals surface area contributed by atoms with E-state index in [-0.39, 0.29) is 5.56 Å². The van der Waals surface area contributed by atoms with E-state index in [1.54, 1.807) is 35.2 Å². The Labute approximate surface area is 160 Å². The molecule has 0 saturated carbocycles. The van der Waals surface area contributed by atoms with Crippen molar-refractivity contribution in [2.45, 2.75) is 6.54 Å². The van der Waals surface area contributed by atoms with Crippen molar-refractivity contribution in [1.29, 1.82) is 5.26 Å². The summed E-state index contributed by atoms with van der Waals surface area (Å²) >= 11 is 5.96. The molecule has 0 saturated heterocycles. The van der Waals surface area contributed by atoms with Crippen LogP contribution in [0.2, 0.25) is 5.02 Å². The van der Waals surface area contributed by atoms with E-state index in [2.05, 4.69) is 11.1 Å². The van der Waals surface area contributed by atoms with Crippen molar-refractivity contribution in [3.63, 3.8) is 0 Å². The quantitative estimate of drug-likeness (QED) is 0.527. The maximum absolute atomic E-state index is 12.7. The summed E-state index contributed by atoms with van der Waals surface area (Å²) < 4.78 is 1.58. The summed E-state index contributed by atoms with van der Waals surface area (Å²) in [5.41, 5.74) is 3.97. The van der Waals surface area contributed by atoms with Gasteiger partial charge in [-0.3, -0.25) is 9.36 Å². The fourth-order valence-corrected chi connectivity index (χ4v) is 3.23. The zero-order valence-corrected chi connectivity index (χ0v) is 15.0. The van der Waals surface area contributed by atoms with E-state index >= 15 is 0 Å². The smallest absolute Gasteiger partial charge is 0.261 e. The Hall–Kier alpha value is -3.42. The normalized spacial score (nSPS) is 10.7.